The topological polar surface area (TPSA) is 76.7 Å². The van der Waals surface area contributed by atoms with Crippen molar-refractivity contribution in [2.75, 3.05) is 26.8 Å². The summed E-state index contributed by atoms with van der Waals surface area (Å²) in [4.78, 5) is 23.7. The van der Waals surface area contributed by atoms with E-state index in [1.165, 1.54) is 7.11 Å². The number of benzene rings is 2. The van der Waals surface area contributed by atoms with Gasteiger partial charge in [-0.2, -0.15) is 13.2 Å². The van der Waals surface area contributed by atoms with E-state index in [-0.39, 0.29) is 25.3 Å². The number of alkyl halides is 3. The van der Waals surface area contributed by atoms with Crippen LogP contribution in [0.1, 0.15) is 15.9 Å². The Morgan fingerprint density at radius 3 is 2.14 bits per heavy atom. The van der Waals surface area contributed by atoms with Crippen LogP contribution < -0.4 is 20.1 Å². The summed E-state index contributed by atoms with van der Waals surface area (Å²) in [5, 5.41) is 5.07. The van der Waals surface area contributed by atoms with Crippen molar-refractivity contribution in [1.82, 2.24) is 10.6 Å². The molecule has 0 heterocycles. The SMILES string of the molecule is COc1ccccc1OCC(=O)NCCNC(=O)c1ccc(C(F)(F)F)cc1. The third kappa shape index (κ3) is 6.19. The Balaban J connectivity index is 1.70. The summed E-state index contributed by atoms with van der Waals surface area (Å²) in [7, 11) is 1.49. The molecule has 2 aromatic carbocycles. The van der Waals surface area contributed by atoms with Gasteiger partial charge in [-0.15, -0.1) is 0 Å². The van der Waals surface area contributed by atoms with Gasteiger partial charge in [0.25, 0.3) is 11.8 Å². The molecule has 9 heteroatoms. The van der Waals surface area contributed by atoms with E-state index in [2.05, 4.69) is 10.6 Å². The molecule has 0 radical (unpaired) electrons. The van der Waals surface area contributed by atoms with Crippen LogP contribution in [0.3, 0.4) is 0 Å². The van der Waals surface area contributed by atoms with Gasteiger partial charge in [0, 0.05) is 18.7 Å². The maximum Gasteiger partial charge on any atom is 0.416 e. The lowest BCUT2D eigenvalue weighted by atomic mass is 10.1. The number of methoxy groups -OCH3 is 1. The first-order valence-corrected chi connectivity index (χ1v) is 8.29. The second kappa shape index (κ2) is 9.63. The van der Waals surface area contributed by atoms with Crippen LogP contribution >= 0.6 is 0 Å². The van der Waals surface area contributed by atoms with Gasteiger partial charge in [-0.1, -0.05) is 12.1 Å². The van der Waals surface area contributed by atoms with Crippen LogP contribution in [-0.4, -0.2) is 38.6 Å². The molecule has 28 heavy (non-hydrogen) atoms. The normalized spacial score (nSPS) is 10.9. The predicted molar refractivity (Wildman–Crippen MR) is 95.3 cm³/mol. The van der Waals surface area contributed by atoms with Crippen LogP contribution in [-0.2, 0) is 11.0 Å². The molecular formula is C19H19F3N2O4. The number of rotatable bonds is 8. The van der Waals surface area contributed by atoms with Crippen molar-refractivity contribution in [3.63, 3.8) is 0 Å². The zero-order valence-electron chi connectivity index (χ0n) is 15.0. The van der Waals surface area contributed by atoms with E-state index in [9.17, 15) is 22.8 Å². The van der Waals surface area contributed by atoms with Crippen LogP contribution in [0.4, 0.5) is 13.2 Å². The summed E-state index contributed by atoms with van der Waals surface area (Å²) in [6.07, 6.45) is -4.45. The summed E-state index contributed by atoms with van der Waals surface area (Å²) >= 11 is 0. The highest BCUT2D eigenvalue weighted by Gasteiger charge is 2.30. The van der Waals surface area contributed by atoms with Crippen molar-refractivity contribution in [2.24, 2.45) is 0 Å². The molecule has 0 aromatic heterocycles. The van der Waals surface area contributed by atoms with Crippen molar-refractivity contribution in [3.05, 3.63) is 59.7 Å². The monoisotopic (exact) mass is 396 g/mol. The van der Waals surface area contributed by atoms with Gasteiger partial charge < -0.3 is 20.1 Å². The minimum atomic E-state index is -4.45. The zero-order valence-corrected chi connectivity index (χ0v) is 15.0. The lowest BCUT2D eigenvalue weighted by Crippen LogP contribution is -2.36. The Kier molecular flexibility index (Phi) is 7.25. The fourth-order valence-electron chi connectivity index (χ4n) is 2.22. The number of halogens is 3. The molecule has 150 valence electrons. The highest BCUT2D eigenvalue weighted by molar-refractivity contribution is 5.94. The summed E-state index contributed by atoms with van der Waals surface area (Å²) in [6.45, 7) is 0.0218. The average Bonchev–Trinajstić information content (AvgIpc) is 2.69. The highest BCUT2D eigenvalue weighted by Crippen LogP contribution is 2.29. The molecule has 6 nitrogen and oxygen atoms in total. The quantitative estimate of drug-likeness (QED) is 0.673. The van der Waals surface area contributed by atoms with Gasteiger partial charge in [-0.3, -0.25) is 9.59 Å². The number of para-hydroxylation sites is 2. The third-order valence-corrected chi connectivity index (χ3v) is 3.63. The molecular weight excluding hydrogens is 377 g/mol. The van der Waals surface area contributed by atoms with Crippen molar-refractivity contribution in [2.45, 2.75) is 6.18 Å². The average molecular weight is 396 g/mol. The molecule has 2 rings (SSSR count). The molecule has 0 aliphatic rings. The molecule has 0 fully saturated rings. The summed E-state index contributed by atoms with van der Waals surface area (Å²) in [6, 6.07) is 10.7. The van der Waals surface area contributed by atoms with E-state index in [4.69, 9.17) is 9.47 Å². The Morgan fingerprint density at radius 1 is 0.929 bits per heavy atom. The molecule has 0 saturated carbocycles. The lowest BCUT2D eigenvalue weighted by Gasteiger charge is -2.11. The molecule has 0 spiro atoms. The molecule has 2 aromatic rings. The van der Waals surface area contributed by atoms with Crippen molar-refractivity contribution in [1.29, 1.82) is 0 Å². The fourth-order valence-corrected chi connectivity index (χ4v) is 2.22. The Morgan fingerprint density at radius 2 is 1.54 bits per heavy atom. The van der Waals surface area contributed by atoms with Crippen LogP contribution in [0.2, 0.25) is 0 Å². The first-order chi connectivity index (χ1) is 13.3. The molecule has 2 N–H and O–H groups in total. The van der Waals surface area contributed by atoms with Crippen molar-refractivity contribution in [3.8, 4) is 11.5 Å². The number of nitrogens with one attached hydrogen (secondary N) is 2. The van der Waals surface area contributed by atoms with Crippen LogP contribution in [0.15, 0.2) is 48.5 Å². The molecule has 0 unspecified atom stereocenters. The first-order valence-electron chi connectivity index (χ1n) is 8.29. The van der Waals surface area contributed by atoms with Gasteiger partial charge in [-0.25, -0.2) is 0 Å². The standard InChI is InChI=1S/C19H19F3N2O4/c1-27-15-4-2-3-5-16(15)28-12-17(25)23-10-11-24-18(26)13-6-8-14(9-7-13)19(20,21)22/h2-9H,10-12H2,1H3,(H,23,25)(H,24,26). The molecule has 0 saturated heterocycles. The Labute approximate surface area is 159 Å². The van der Waals surface area contributed by atoms with Gasteiger partial charge in [0.05, 0.1) is 12.7 Å². The maximum atomic E-state index is 12.5. The maximum absolute atomic E-state index is 12.5. The fraction of sp³-hybridized carbons (Fsp3) is 0.263. The minimum absolute atomic E-state index is 0.0961. The summed E-state index contributed by atoms with van der Waals surface area (Å²) in [5.41, 5.74) is -0.731. The second-order valence-electron chi connectivity index (χ2n) is 5.62. The van der Waals surface area contributed by atoms with E-state index in [0.29, 0.717) is 11.5 Å². The number of hydrogen-bond acceptors (Lipinski definition) is 4. The molecule has 0 atom stereocenters. The molecule has 0 bridgehead atoms. The van der Waals surface area contributed by atoms with Crippen molar-refractivity contribution >= 4 is 11.8 Å². The van der Waals surface area contributed by atoms with E-state index in [1.807, 2.05) is 0 Å². The summed E-state index contributed by atoms with van der Waals surface area (Å²) < 4.78 is 48.0. The zero-order chi connectivity index (χ0) is 20.6. The van der Waals surface area contributed by atoms with E-state index < -0.39 is 23.6 Å². The number of carbonyl (C=O) groups is 2. The molecule has 0 aliphatic heterocycles. The molecule has 2 amide bonds. The van der Waals surface area contributed by atoms with E-state index >= 15 is 0 Å². The van der Waals surface area contributed by atoms with Gasteiger partial charge in [-0.05, 0) is 36.4 Å². The van der Waals surface area contributed by atoms with Gasteiger partial charge in [0.15, 0.2) is 18.1 Å². The van der Waals surface area contributed by atoms with Gasteiger partial charge in [0.2, 0.25) is 0 Å². The van der Waals surface area contributed by atoms with Crippen LogP contribution in [0.25, 0.3) is 0 Å². The van der Waals surface area contributed by atoms with Gasteiger partial charge >= 0.3 is 6.18 Å². The smallest absolute Gasteiger partial charge is 0.416 e. The lowest BCUT2D eigenvalue weighted by molar-refractivity contribution is -0.137. The highest BCUT2D eigenvalue weighted by atomic mass is 19.4. The first kappa shape index (κ1) is 21.1. The molecule has 0 aliphatic carbocycles. The van der Waals surface area contributed by atoms with Crippen LogP contribution in [0.5, 0.6) is 11.5 Å². The number of amides is 2. The van der Waals surface area contributed by atoms with Crippen molar-refractivity contribution < 1.29 is 32.2 Å². The summed E-state index contributed by atoms with van der Waals surface area (Å²) in [5.74, 6) is -0.00204. The second-order valence-corrected chi connectivity index (χ2v) is 5.62. The number of hydrogen-bond donors (Lipinski definition) is 2. The minimum Gasteiger partial charge on any atom is -0.493 e. The Bertz CT molecular complexity index is 808. The van der Waals surface area contributed by atoms with E-state index in [1.54, 1.807) is 24.3 Å². The Hall–Kier alpha value is -3.23. The largest absolute Gasteiger partial charge is 0.493 e. The number of carbonyl (C=O) groups excluding carboxylic acids is 2. The van der Waals surface area contributed by atoms with E-state index in [0.717, 1.165) is 24.3 Å². The number of ether oxygens (including phenoxy) is 2. The predicted octanol–water partition coefficient (Wildman–Crippen LogP) is 2.64. The third-order valence-electron chi connectivity index (χ3n) is 3.63. The van der Waals surface area contributed by atoms with Crippen LogP contribution in [0, 0.1) is 0 Å². The van der Waals surface area contributed by atoms with Gasteiger partial charge in [0.1, 0.15) is 0 Å².